The molecule has 0 nitrogen and oxygen atoms in total. The van der Waals surface area contributed by atoms with Gasteiger partial charge in [-0.25, -0.2) is 0 Å². The number of thiophene rings is 1. The van der Waals surface area contributed by atoms with Gasteiger partial charge in [0.15, 0.2) is 0 Å². The van der Waals surface area contributed by atoms with Crippen LogP contribution in [0.15, 0.2) is 12.1 Å². The second-order valence-electron chi connectivity index (χ2n) is 7.04. The molecule has 1 aliphatic carbocycles. The first-order valence-corrected chi connectivity index (χ1v) is 9.37. The minimum atomic E-state index is 0.491. The van der Waals surface area contributed by atoms with Crippen LogP contribution in [0, 0.1) is 17.3 Å². The Kier molecular flexibility index (Phi) is 5.16. The lowest BCUT2D eigenvalue weighted by Crippen LogP contribution is -2.26. The summed E-state index contributed by atoms with van der Waals surface area (Å²) in [5, 5.41) is 0. The third kappa shape index (κ3) is 3.85. The highest BCUT2D eigenvalue weighted by molar-refractivity contribution is 9.09. The van der Waals surface area contributed by atoms with Crippen LogP contribution in [0.3, 0.4) is 0 Å². The van der Waals surface area contributed by atoms with Crippen molar-refractivity contribution in [1.29, 1.82) is 0 Å². The van der Waals surface area contributed by atoms with E-state index in [0.717, 1.165) is 11.8 Å². The van der Waals surface area contributed by atoms with Crippen LogP contribution in [0.1, 0.15) is 68.0 Å². The fraction of sp³-hybridized carbons (Fsp3) is 0.765. The topological polar surface area (TPSA) is 0 Å². The van der Waals surface area contributed by atoms with E-state index in [9.17, 15) is 0 Å². The second kappa shape index (κ2) is 6.30. The number of rotatable bonds is 3. The van der Waals surface area contributed by atoms with Gasteiger partial charge in [0.1, 0.15) is 0 Å². The van der Waals surface area contributed by atoms with Gasteiger partial charge in [-0.3, -0.25) is 0 Å². The van der Waals surface area contributed by atoms with E-state index < -0.39 is 0 Å². The van der Waals surface area contributed by atoms with Crippen molar-refractivity contribution in [2.75, 3.05) is 0 Å². The third-order valence-corrected chi connectivity index (χ3v) is 7.57. The lowest BCUT2D eigenvalue weighted by Gasteiger charge is -2.38. The van der Waals surface area contributed by atoms with Gasteiger partial charge in [-0.05, 0) is 61.5 Å². The summed E-state index contributed by atoms with van der Waals surface area (Å²) < 4.78 is 0. The van der Waals surface area contributed by atoms with E-state index in [1.54, 1.807) is 0 Å². The summed E-state index contributed by atoms with van der Waals surface area (Å²) in [4.78, 5) is 3.64. The summed E-state index contributed by atoms with van der Waals surface area (Å²) in [5.41, 5.74) is 0.491. The molecule has 0 radical (unpaired) electrons. The van der Waals surface area contributed by atoms with Crippen LogP contribution < -0.4 is 0 Å². The van der Waals surface area contributed by atoms with Crippen molar-refractivity contribution >= 4 is 27.3 Å². The number of hydrogen-bond acceptors (Lipinski definition) is 1. The van der Waals surface area contributed by atoms with Gasteiger partial charge in [-0.15, -0.1) is 11.3 Å². The Morgan fingerprint density at radius 1 is 1.21 bits per heavy atom. The van der Waals surface area contributed by atoms with Gasteiger partial charge in [0.2, 0.25) is 0 Å². The zero-order chi connectivity index (χ0) is 14.0. The Morgan fingerprint density at radius 3 is 2.32 bits per heavy atom. The molecule has 1 saturated carbocycles. The molecule has 0 bridgehead atoms. The Balaban J connectivity index is 1.94. The second-order valence-corrected chi connectivity index (χ2v) is 9.22. The zero-order valence-electron chi connectivity index (χ0n) is 12.7. The largest absolute Gasteiger partial charge is 0.144 e. The Hall–Kier alpha value is 0.180. The van der Waals surface area contributed by atoms with Gasteiger partial charge < -0.3 is 0 Å². The van der Waals surface area contributed by atoms with Gasteiger partial charge in [0.25, 0.3) is 0 Å². The first-order chi connectivity index (χ1) is 8.91. The summed E-state index contributed by atoms with van der Waals surface area (Å²) in [6.07, 6.45) is 6.75. The van der Waals surface area contributed by atoms with Crippen molar-refractivity contribution in [2.24, 2.45) is 17.3 Å². The van der Waals surface area contributed by atoms with E-state index in [0.29, 0.717) is 10.2 Å². The lowest BCUT2D eigenvalue weighted by molar-refractivity contribution is 0.150. The monoisotopic (exact) mass is 342 g/mol. The molecule has 0 amide bonds. The number of halogens is 1. The van der Waals surface area contributed by atoms with Gasteiger partial charge in [0, 0.05) is 9.75 Å². The van der Waals surface area contributed by atoms with Crippen molar-refractivity contribution in [1.82, 2.24) is 0 Å². The summed E-state index contributed by atoms with van der Waals surface area (Å²) >= 11 is 5.96. The molecule has 1 fully saturated rings. The van der Waals surface area contributed by atoms with Crippen LogP contribution in [0.2, 0.25) is 0 Å². The van der Waals surface area contributed by atoms with Crippen molar-refractivity contribution in [3.63, 3.8) is 0 Å². The van der Waals surface area contributed by atoms with E-state index in [1.807, 2.05) is 11.3 Å². The first-order valence-electron chi connectivity index (χ1n) is 7.64. The minimum absolute atomic E-state index is 0.491. The van der Waals surface area contributed by atoms with E-state index in [4.69, 9.17) is 0 Å². The highest BCUT2D eigenvalue weighted by Crippen LogP contribution is 2.47. The summed E-state index contributed by atoms with van der Waals surface area (Å²) in [6.45, 7) is 9.44. The normalized spacial score (nSPS) is 26.4. The molecule has 1 aliphatic rings. The van der Waals surface area contributed by atoms with Crippen LogP contribution >= 0.6 is 27.3 Å². The summed E-state index contributed by atoms with van der Waals surface area (Å²) in [7, 11) is 0. The quantitative estimate of drug-likeness (QED) is 0.542. The van der Waals surface area contributed by atoms with Crippen molar-refractivity contribution < 1.29 is 0 Å². The predicted molar refractivity (Wildman–Crippen MR) is 90.3 cm³/mol. The maximum Gasteiger partial charge on any atom is 0.0517 e. The van der Waals surface area contributed by atoms with Gasteiger partial charge in [-0.2, -0.15) is 0 Å². The fourth-order valence-corrected chi connectivity index (χ4v) is 5.23. The van der Waals surface area contributed by atoms with Crippen LogP contribution in [-0.4, -0.2) is 0 Å². The van der Waals surface area contributed by atoms with Crippen molar-refractivity contribution in [2.45, 2.75) is 64.6 Å². The van der Waals surface area contributed by atoms with Crippen LogP contribution in [0.25, 0.3) is 0 Å². The third-order valence-electron chi connectivity index (χ3n) is 4.71. The fourth-order valence-electron chi connectivity index (χ4n) is 3.24. The molecule has 1 unspecified atom stereocenters. The molecule has 1 aromatic rings. The minimum Gasteiger partial charge on any atom is -0.144 e. The molecule has 0 aromatic carbocycles. The molecule has 1 atom stereocenters. The molecule has 1 aromatic heterocycles. The average molecular weight is 343 g/mol. The molecule has 0 spiro atoms. The zero-order valence-corrected chi connectivity index (χ0v) is 15.1. The van der Waals surface area contributed by atoms with Crippen LogP contribution in [-0.2, 0) is 6.42 Å². The molecule has 2 rings (SSSR count). The van der Waals surface area contributed by atoms with Crippen LogP contribution in [0.4, 0.5) is 0 Å². The van der Waals surface area contributed by atoms with Gasteiger partial charge in [-0.1, -0.05) is 43.6 Å². The predicted octanol–water partition coefficient (Wildman–Crippen LogP) is 6.60. The number of alkyl halides is 1. The van der Waals surface area contributed by atoms with Crippen molar-refractivity contribution in [3.05, 3.63) is 21.9 Å². The van der Waals surface area contributed by atoms with E-state index in [-0.39, 0.29) is 0 Å². The first kappa shape index (κ1) is 15.6. The molecule has 0 N–H and O–H groups in total. The number of aryl methyl sites for hydroxylation is 1. The maximum absolute atomic E-state index is 3.97. The molecule has 0 saturated heterocycles. The smallest absolute Gasteiger partial charge is 0.0517 e. The standard InChI is InChI=1S/C17H27BrS/c1-5-14-10-11-15(19-14)16(18)12-6-8-13(9-7-12)17(2,3)4/h10-13,16H,5-9H2,1-4H3. The lowest BCUT2D eigenvalue weighted by atomic mass is 9.69. The average Bonchev–Trinajstić information content (AvgIpc) is 2.86. The molecule has 1 heterocycles. The van der Waals surface area contributed by atoms with Gasteiger partial charge in [0.05, 0.1) is 4.83 Å². The SMILES string of the molecule is CCc1ccc(C(Br)C2CCC(C(C)(C)C)CC2)s1. The molecule has 108 valence electrons. The Labute approximate surface area is 131 Å². The van der Waals surface area contributed by atoms with Gasteiger partial charge >= 0.3 is 0 Å². The number of hydrogen-bond donors (Lipinski definition) is 0. The van der Waals surface area contributed by atoms with E-state index >= 15 is 0 Å². The summed E-state index contributed by atoms with van der Waals surface area (Å²) in [6, 6.07) is 4.63. The molecule has 19 heavy (non-hydrogen) atoms. The Bertz CT molecular complexity index is 394. The highest BCUT2D eigenvalue weighted by Gasteiger charge is 2.32. The maximum atomic E-state index is 3.97. The van der Waals surface area contributed by atoms with E-state index in [2.05, 4.69) is 55.8 Å². The molecule has 2 heteroatoms. The van der Waals surface area contributed by atoms with Crippen LogP contribution in [0.5, 0.6) is 0 Å². The van der Waals surface area contributed by atoms with E-state index in [1.165, 1.54) is 41.9 Å². The molecular formula is C17H27BrS. The Morgan fingerprint density at radius 2 is 1.84 bits per heavy atom. The molecular weight excluding hydrogens is 316 g/mol. The highest BCUT2D eigenvalue weighted by atomic mass is 79.9. The van der Waals surface area contributed by atoms with Crippen molar-refractivity contribution in [3.8, 4) is 0 Å². The summed E-state index contributed by atoms with van der Waals surface area (Å²) in [5.74, 6) is 1.75. The molecule has 0 aliphatic heterocycles.